The molecule has 33 heavy (non-hydrogen) atoms. The first-order chi connectivity index (χ1) is 16.0. The Bertz CT molecular complexity index is 1130. The molecule has 3 heterocycles. The summed E-state index contributed by atoms with van der Waals surface area (Å²) in [5.41, 5.74) is 0.761. The van der Waals surface area contributed by atoms with Crippen molar-refractivity contribution >= 4 is 23.0 Å². The van der Waals surface area contributed by atoms with Gasteiger partial charge in [-0.2, -0.15) is 0 Å². The zero-order valence-electron chi connectivity index (χ0n) is 17.9. The van der Waals surface area contributed by atoms with Crippen LogP contribution in [0.3, 0.4) is 0 Å². The van der Waals surface area contributed by atoms with E-state index in [-0.39, 0.29) is 43.4 Å². The van der Waals surface area contributed by atoms with Crippen molar-refractivity contribution in [2.75, 3.05) is 26.3 Å². The molecule has 0 spiro atoms. The van der Waals surface area contributed by atoms with Crippen LogP contribution in [0.15, 0.2) is 48.7 Å². The van der Waals surface area contributed by atoms with Crippen molar-refractivity contribution in [2.24, 2.45) is 0 Å². The van der Waals surface area contributed by atoms with E-state index in [1.54, 1.807) is 24.1 Å². The lowest BCUT2D eigenvalue weighted by Gasteiger charge is -2.32. The summed E-state index contributed by atoms with van der Waals surface area (Å²) in [6.45, 7) is 2.40. The molecule has 1 saturated heterocycles. The van der Waals surface area contributed by atoms with E-state index in [0.29, 0.717) is 11.4 Å². The van der Waals surface area contributed by atoms with Crippen molar-refractivity contribution in [1.29, 1.82) is 0 Å². The van der Waals surface area contributed by atoms with Gasteiger partial charge in [0.05, 0.1) is 28.6 Å². The highest BCUT2D eigenvalue weighted by Gasteiger charge is 2.27. The molecule has 172 valence electrons. The number of nitrogens with zero attached hydrogens (tertiary/aromatic N) is 2. The fourth-order valence-corrected chi connectivity index (χ4v) is 4.45. The Kier molecular flexibility index (Phi) is 7.10. The first-order valence-electron chi connectivity index (χ1n) is 10.5. The van der Waals surface area contributed by atoms with Crippen molar-refractivity contribution in [2.45, 2.75) is 19.4 Å². The summed E-state index contributed by atoms with van der Waals surface area (Å²) >= 11 is 1.36. The minimum absolute atomic E-state index is 0.0356. The molecule has 0 radical (unpaired) electrons. The normalized spacial score (nSPS) is 16.0. The second-order valence-corrected chi connectivity index (χ2v) is 8.56. The number of carbonyl (C=O) groups is 2. The lowest BCUT2D eigenvalue weighted by Crippen LogP contribution is -2.47. The fraction of sp³-hybridized carbons (Fsp3) is 0.292. The average Bonchev–Trinajstić information content (AvgIpc) is 3.33. The minimum atomic E-state index is -0.948. The molecule has 0 aliphatic carbocycles. The van der Waals surface area contributed by atoms with Gasteiger partial charge in [0.25, 0.3) is 5.91 Å². The molecular weight excluding hydrogens is 450 g/mol. The van der Waals surface area contributed by atoms with Gasteiger partial charge in [0.15, 0.2) is 23.2 Å². The van der Waals surface area contributed by atoms with Crippen LogP contribution in [0.5, 0.6) is 5.75 Å². The van der Waals surface area contributed by atoms with Crippen LogP contribution < -0.4 is 4.74 Å². The number of halogens is 2. The van der Waals surface area contributed by atoms with Crippen molar-refractivity contribution in [3.05, 3.63) is 70.7 Å². The predicted octanol–water partition coefficient (Wildman–Crippen LogP) is 4.60. The predicted molar refractivity (Wildman–Crippen MR) is 120 cm³/mol. The molecule has 1 aliphatic rings. The van der Waals surface area contributed by atoms with Gasteiger partial charge in [-0.05, 0) is 36.4 Å². The third-order valence-electron chi connectivity index (χ3n) is 5.22. The van der Waals surface area contributed by atoms with Crippen LogP contribution in [-0.4, -0.2) is 54.0 Å². The molecule has 4 rings (SSSR count). The van der Waals surface area contributed by atoms with E-state index in [0.717, 1.165) is 22.7 Å². The Morgan fingerprint density at radius 3 is 2.70 bits per heavy atom. The highest BCUT2D eigenvalue weighted by Crippen LogP contribution is 2.28. The summed E-state index contributed by atoms with van der Waals surface area (Å²) in [4.78, 5) is 32.1. The number of aromatic nitrogens is 1. The number of Topliss-reactive ketones (excluding diaryl/α,β-unsaturated/α-hetero) is 1. The Hall–Kier alpha value is -3.17. The first kappa shape index (κ1) is 23.0. The zero-order valence-corrected chi connectivity index (χ0v) is 18.7. The number of ether oxygens (including phenoxy) is 2. The summed E-state index contributed by atoms with van der Waals surface area (Å²) < 4.78 is 39.6. The number of morpholine rings is 1. The molecule has 0 bridgehead atoms. The smallest absolute Gasteiger partial charge is 0.264 e. The third-order valence-corrected chi connectivity index (χ3v) is 6.31. The summed E-state index contributed by atoms with van der Waals surface area (Å²) in [6.07, 6.45) is 1.30. The molecule has 1 atom stereocenters. The molecule has 0 N–H and O–H groups in total. The van der Waals surface area contributed by atoms with E-state index >= 15 is 0 Å². The number of ketones is 1. The summed E-state index contributed by atoms with van der Waals surface area (Å²) in [5, 5.41) is 0. The number of rotatable bonds is 7. The number of carbonyl (C=O) groups excluding carboxylic acids is 2. The summed E-state index contributed by atoms with van der Waals surface area (Å²) in [6, 6.07) is 11.2. The van der Waals surface area contributed by atoms with Crippen molar-refractivity contribution in [3.8, 4) is 16.3 Å². The maximum Gasteiger partial charge on any atom is 0.264 e. The molecule has 1 aliphatic heterocycles. The maximum atomic E-state index is 14.3. The Morgan fingerprint density at radius 2 is 2.00 bits per heavy atom. The van der Waals surface area contributed by atoms with E-state index in [9.17, 15) is 18.4 Å². The molecule has 1 amide bonds. The number of pyridine rings is 1. The van der Waals surface area contributed by atoms with Crippen molar-refractivity contribution < 1.29 is 27.8 Å². The molecule has 9 heteroatoms. The highest BCUT2D eigenvalue weighted by atomic mass is 32.1. The van der Waals surface area contributed by atoms with Crippen LogP contribution in [0.4, 0.5) is 8.78 Å². The Balaban J connectivity index is 1.39. The SMILES string of the molecule is CCC(=O)c1cc(F)c(OCC2CN(C(=O)c3ccc(-c4ccccn4)s3)CCO2)c(F)c1. The second kappa shape index (κ2) is 10.2. The molecule has 6 nitrogen and oxygen atoms in total. The molecule has 1 unspecified atom stereocenters. The topological polar surface area (TPSA) is 68.7 Å². The van der Waals surface area contributed by atoms with Crippen LogP contribution in [0.25, 0.3) is 10.6 Å². The van der Waals surface area contributed by atoms with Crippen molar-refractivity contribution in [1.82, 2.24) is 9.88 Å². The van der Waals surface area contributed by atoms with E-state index in [4.69, 9.17) is 9.47 Å². The van der Waals surface area contributed by atoms with Gasteiger partial charge < -0.3 is 14.4 Å². The van der Waals surface area contributed by atoms with Gasteiger partial charge in [0, 0.05) is 24.7 Å². The Labute approximate surface area is 193 Å². The lowest BCUT2D eigenvalue weighted by atomic mass is 10.1. The van der Waals surface area contributed by atoms with Crippen LogP contribution in [0.1, 0.15) is 33.4 Å². The Morgan fingerprint density at radius 1 is 1.21 bits per heavy atom. The lowest BCUT2D eigenvalue weighted by molar-refractivity contribution is -0.0409. The van der Waals surface area contributed by atoms with Gasteiger partial charge in [-0.25, -0.2) is 8.78 Å². The van der Waals surface area contributed by atoms with E-state index in [2.05, 4.69) is 4.98 Å². The number of hydrogen-bond donors (Lipinski definition) is 0. The molecule has 0 saturated carbocycles. The van der Waals surface area contributed by atoms with Gasteiger partial charge in [-0.3, -0.25) is 14.6 Å². The minimum Gasteiger partial charge on any atom is -0.485 e. The van der Waals surface area contributed by atoms with Gasteiger partial charge >= 0.3 is 0 Å². The number of amides is 1. The summed E-state index contributed by atoms with van der Waals surface area (Å²) in [5.74, 6) is -2.96. The molecular formula is C24H22F2N2O4S. The number of benzene rings is 1. The van der Waals surface area contributed by atoms with Crippen LogP contribution >= 0.6 is 11.3 Å². The summed E-state index contributed by atoms with van der Waals surface area (Å²) in [7, 11) is 0. The molecule has 1 aromatic carbocycles. The van der Waals surface area contributed by atoms with E-state index in [1.165, 1.54) is 11.3 Å². The number of hydrogen-bond acceptors (Lipinski definition) is 6. The van der Waals surface area contributed by atoms with Crippen LogP contribution in [0.2, 0.25) is 0 Å². The number of thiophene rings is 1. The zero-order chi connectivity index (χ0) is 23.4. The standard InChI is InChI=1S/C24H22F2N2O4S/c1-2-20(29)15-11-17(25)23(18(26)12-15)32-14-16-13-28(9-10-31-16)24(30)22-7-6-21(33-22)19-5-3-4-8-27-19/h3-8,11-12,16H,2,9-10,13-14H2,1H3. The fourth-order valence-electron chi connectivity index (χ4n) is 3.50. The van der Waals surface area contributed by atoms with Crippen molar-refractivity contribution in [3.63, 3.8) is 0 Å². The first-order valence-corrected chi connectivity index (χ1v) is 11.3. The van der Waals surface area contributed by atoms with Gasteiger partial charge in [-0.1, -0.05) is 13.0 Å². The average molecular weight is 473 g/mol. The monoisotopic (exact) mass is 472 g/mol. The molecule has 3 aromatic rings. The highest BCUT2D eigenvalue weighted by molar-refractivity contribution is 7.17. The second-order valence-electron chi connectivity index (χ2n) is 7.48. The quantitative estimate of drug-likeness (QED) is 0.470. The third kappa shape index (κ3) is 5.26. The molecule has 1 fully saturated rings. The van der Waals surface area contributed by atoms with E-state index < -0.39 is 23.5 Å². The van der Waals surface area contributed by atoms with E-state index in [1.807, 2.05) is 24.3 Å². The van der Waals surface area contributed by atoms with Crippen LogP contribution in [-0.2, 0) is 4.74 Å². The largest absolute Gasteiger partial charge is 0.485 e. The van der Waals surface area contributed by atoms with Gasteiger partial charge in [0.2, 0.25) is 0 Å². The maximum absolute atomic E-state index is 14.3. The molecule has 2 aromatic heterocycles. The van der Waals surface area contributed by atoms with Gasteiger partial charge in [0.1, 0.15) is 12.7 Å². The van der Waals surface area contributed by atoms with Crippen LogP contribution in [0, 0.1) is 11.6 Å². The van der Waals surface area contributed by atoms with Gasteiger partial charge in [-0.15, -0.1) is 11.3 Å².